The fourth-order valence-electron chi connectivity index (χ4n) is 2.11. The number of fused-ring (bicyclic) bond motifs is 1. The molecule has 0 fully saturated rings. The summed E-state index contributed by atoms with van der Waals surface area (Å²) in [5.74, 6) is 0.602. The molecule has 2 rings (SSSR count). The summed E-state index contributed by atoms with van der Waals surface area (Å²) in [5.41, 5.74) is 1.10. The second-order valence-electron chi connectivity index (χ2n) is 5.65. The Kier molecular flexibility index (Phi) is 6.28. The zero-order chi connectivity index (χ0) is 17.5. The molecule has 1 unspecified atom stereocenters. The lowest BCUT2D eigenvalue weighted by Gasteiger charge is -2.16. The maximum atomic E-state index is 10.2. The Morgan fingerprint density at radius 3 is 2.83 bits per heavy atom. The Balaban J connectivity index is 2.04. The van der Waals surface area contributed by atoms with Crippen molar-refractivity contribution in [1.82, 2.24) is 10.3 Å². The van der Waals surface area contributed by atoms with Crippen LogP contribution in [0.4, 0.5) is 0 Å². The number of benzene rings is 1. The van der Waals surface area contributed by atoms with E-state index in [0.29, 0.717) is 29.5 Å². The Morgan fingerprint density at radius 2 is 2.12 bits per heavy atom. The van der Waals surface area contributed by atoms with Gasteiger partial charge in [0.2, 0.25) is 0 Å². The highest BCUT2D eigenvalue weighted by molar-refractivity contribution is 5.85. The highest BCUT2D eigenvalue weighted by Gasteiger charge is 2.09. The van der Waals surface area contributed by atoms with Gasteiger partial charge >= 0.3 is 0 Å². The van der Waals surface area contributed by atoms with Crippen molar-refractivity contribution in [2.75, 3.05) is 13.2 Å². The third kappa shape index (κ3) is 5.32. The van der Waals surface area contributed by atoms with E-state index < -0.39 is 11.2 Å². The first-order valence-corrected chi connectivity index (χ1v) is 7.66. The van der Waals surface area contributed by atoms with E-state index in [1.807, 2.05) is 13.8 Å². The summed E-state index contributed by atoms with van der Waals surface area (Å²) in [6.07, 6.45) is -0.622. The summed E-state index contributed by atoms with van der Waals surface area (Å²) < 4.78 is 5.68. The molecular weight excluding hydrogens is 314 g/mol. The van der Waals surface area contributed by atoms with Crippen LogP contribution in [0.3, 0.4) is 0 Å². The second kappa shape index (κ2) is 8.42. The Morgan fingerprint density at radius 1 is 1.33 bits per heavy atom. The molecule has 0 radical (unpaired) electrons. The van der Waals surface area contributed by atoms with E-state index in [1.54, 1.807) is 30.3 Å². The van der Waals surface area contributed by atoms with E-state index in [9.17, 15) is 15.2 Å². The van der Waals surface area contributed by atoms with E-state index in [1.165, 1.54) is 0 Å². The van der Waals surface area contributed by atoms with Gasteiger partial charge in [0.05, 0.1) is 11.2 Å². The molecule has 0 saturated heterocycles. The third-order valence-corrected chi connectivity index (χ3v) is 3.26. The van der Waals surface area contributed by atoms with Crippen LogP contribution in [0.15, 0.2) is 30.3 Å². The van der Waals surface area contributed by atoms with E-state index in [-0.39, 0.29) is 13.2 Å². The van der Waals surface area contributed by atoms with Gasteiger partial charge in [-0.15, -0.1) is 10.1 Å². The SMILES string of the molecule is CC(C)NCC(O)COc1cccc2nc(CO[N+](=O)[O-])ccc12. The lowest BCUT2D eigenvalue weighted by molar-refractivity contribution is -0.763. The molecule has 1 aromatic carbocycles. The van der Waals surface area contributed by atoms with E-state index in [4.69, 9.17) is 4.74 Å². The topological polar surface area (TPSA) is 107 Å². The van der Waals surface area contributed by atoms with Crippen molar-refractivity contribution in [3.63, 3.8) is 0 Å². The monoisotopic (exact) mass is 335 g/mol. The molecule has 0 bridgehead atoms. The molecule has 24 heavy (non-hydrogen) atoms. The van der Waals surface area contributed by atoms with Gasteiger partial charge in [-0.2, -0.15) is 0 Å². The van der Waals surface area contributed by atoms with Crippen molar-refractivity contribution >= 4 is 10.9 Å². The molecule has 0 aliphatic carbocycles. The first-order valence-electron chi connectivity index (χ1n) is 7.66. The molecule has 8 nitrogen and oxygen atoms in total. The van der Waals surface area contributed by atoms with Crippen molar-refractivity contribution in [2.24, 2.45) is 0 Å². The number of nitrogens with one attached hydrogen (secondary N) is 1. The van der Waals surface area contributed by atoms with Crippen molar-refractivity contribution < 1.29 is 19.8 Å². The molecule has 0 aliphatic heterocycles. The third-order valence-electron chi connectivity index (χ3n) is 3.26. The molecule has 1 aromatic heterocycles. The van der Waals surface area contributed by atoms with Gasteiger partial charge in [-0.3, -0.25) is 4.98 Å². The Labute approximate surface area is 139 Å². The quantitative estimate of drug-likeness (QED) is 0.530. The minimum atomic E-state index is -0.849. The van der Waals surface area contributed by atoms with Gasteiger partial charge in [-0.25, -0.2) is 0 Å². The predicted molar refractivity (Wildman–Crippen MR) is 88.2 cm³/mol. The van der Waals surface area contributed by atoms with Crippen LogP contribution >= 0.6 is 0 Å². The van der Waals surface area contributed by atoms with Crippen molar-refractivity contribution in [1.29, 1.82) is 0 Å². The second-order valence-corrected chi connectivity index (χ2v) is 5.65. The number of nitrogens with zero attached hydrogens (tertiary/aromatic N) is 2. The number of hydrogen-bond acceptors (Lipinski definition) is 7. The minimum Gasteiger partial charge on any atom is -0.490 e. The van der Waals surface area contributed by atoms with Crippen molar-refractivity contribution in [2.45, 2.75) is 32.6 Å². The van der Waals surface area contributed by atoms with Gasteiger partial charge in [0, 0.05) is 18.0 Å². The average molecular weight is 335 g/mol. The van der Waals surface area contributed by atoms with Crippen LogP contribution in [-0.4, -0.2) is 40.5 Å². The van der Waals surface area contributed by atoms with E-state index in [2.05, 4.69) is 15.1 Å². The number of aromatic nitrogens is 1. The summed E-state index contributed by atoms with van der Waals surface area (Å²) >= 11 is 0. The molecule has 0 spiro atoms. The number of hydrogen-bond donors (Lipinski definition) is 2. The maximum absolute atomic E-state index is 10.2. The van der Waals surface area contributed by atoms with Crippen LogP contribution in [0.1, 0.15) is 19.5 Å². The normalized spacial score (nSPS) is 12.3. The van der Waals surface area contributed by atoms with Crippen LogP contribution in [0.2, 0.25) is 0 Å². The van der Waals surface area contributed by atoms with Gasteiger partial charge in [0.1, 0.15) is 25.1 Å². The lowest BCUT2D eigenvalue weighted by atomic mass is 10.2. The van der Waals surface area contributed by atoms with Gasteiger partial charge in [-0.1, -0.05) is 19.9 Å². The average Bonchev–Trinajstić information content (AvgIpc) is 2.55. The maximum Gasteiger partial charge on any atom is 0.294 e. The molecule has 1 heterocycles. The van der Waals surface area contributed by atoms with Gasteiger partial charge < -0.3 is 20.0 Å². The molecule has 0 amide bonds. The zero-order valence-corrected chi connectivity index (χ0v) is 13.6. The first-order chi connectivity index (χ1) is 11.5. The molecule has 2 aromatic rings. The number of rotatable bonds is 9. The predicted octanol–water partition coefficient (Wildman–Crippen LogP) is 1.68. The highest BCUT2D eigenvalue weighted by Crippen LogP contribution is 2.24. The van der Waals surface area contributed by atoms with Crippen LogP contribution in [0.5, 0.6) is 5.75 Å². The zero-order valence-electron chi connectivity index (χ0n) is 13.6. The van der Waals surface area contributed by atoms with Crippen molar-refractivity contribution in [3.8, 4) is 5.75 Å². The summed E-state index contributed by atoms with van der Waals surface area (Å²) in [7, 11) is 0. The van der Waals surface area contributed by atoms with Crippen molar-refractivity contribution in [3.05, 3.63) is 46.1 Å². The number of pyridine rings is 1. The van der Waals surface area contributed by atoms with Crippen LogP contribution in [-0.2, 0) is 11.4 Å². The summed E-state index contributed by atoms with van der Waals surface area (Å²) in [6.45, 7) is 4.41. The molecule has 8 heteroatoms. The fourth-order valence-corrected chi connectivity index (χ4v) is 2.11. The molecule has 1 atom stereocenters. The molecule has 0 aliphatic rings. The molecule has 0 saturated carbocycles. The van der Waals surface area contributed by atoms with Crippen LogP contribution in [0, 0.1) is 10.1 Å². The smallest absolute Gasteiger partial charge is 0.294 e. The first kappa shape index (κ1) is 17.9. The van der Waals surface area contributed by atoms with Gasteiger partial charge in [0.25, 0.3) is 5.09 Å². The lowest BCUT2D eigenvalue weighted by Crippen LogP contribution is -2.35. The number of aliphatic hydroxyl groups is 1. The van der Waals surface area contributed by atoms with Gasteiger partial charge in [0.15, 0.2) is 0 Å². The Hall–Kier alpha value is -2.45. The fraction of sp³-hybridized carbons (Fsp3) is 0.438. The highest BCUT2D eigenvalue weighted by atomic mass is 16.9. The largest absolute Gasteiger partial charge is 0.490 e. The standard InChI is InChI=1S/C16H21N3O5/c1-11(2)17-8-13(20)10-23-16-5-3-4-15-14(16)7-6-12(18-15)9-24-19(21)22/h3-7,11,13,17,20H,8-10H2,1-2H3. The van der Waals surface area contributed by atoms with Crippen LogP contribution in [0.25, 0.3) is 10.9 Å². The summed E-state index contributed by atoms with van der Waals surface area (Å²) in [5, 5.41) is 23.2. The minimum absolute atomic E-state index is 0.158. The molecular formula is C16H21N3O5. The van der Waals surface area contributed by atoms with Crippen LogP contribution < -0.4 is 10.1 Å². The van der Waals surface area contributed by atoms with Gasteiger partial charge in [-0.05, 0) is 24.3 Å². The van der Waals surface area contributed by atoms with E-state index >= 15 is 0 Å². The summed E-state index contributed by atoms with van der Waals surface area (Å²) in [6, 6.07) is 9.07. The molecule has 2 N–H and O–H groups in total. The van der Waals surface area contributed by atoms with E-state index in [0.717, 1.165) is 5.39 Å². The summed E-state index contributed by atoms with van der Waals surface area (Å²) in [4.78, 5) is 18.9. The Bertz CT molecular complexity index is 692. The molecule has 130 valence electrons. The number of ether oxygens (including phenoxy) is 1. The number of aliphatic hydroxyl groups excluding tert-OH is 1.